The molecule has 0 saturated heterocycles. The van der Waals surface area contributed by atoms with Crippen LogP contribution in [0.5, 0.6) is 0 Å². The summed E-state index contributed by atoms with van der Waals surface area (Å²) in [5, 5.41) is 0.116. The molecule has 0 heterocycles. The van der Waals surface area contributed by atoms with E-state index in [2.05, 4.69) is 57.2 Å². The summed E-state index contributed by atoms with van der Waals surface area (Å²) in [6.07, 6.45) is 1.20. The summed E-state index contributed by atoms with van der Waals surface area (Å²) in [5.74, 6) is 1.68. The van der Waals surface area contributed by atoms with E-state index in [1.54, 1.807) is 0 Å². The molecule has 4 unspecified atom stereocenters. The maximum atomic E-state index is 6.90. The molecule has 2 aliphatic rings. The molecule has 0 aromatic heterocycles. The highest BCUT2D eigenvalue weighted by Gasteiger charge is 2.42. The first-order valence-corrected chi connectivity index (χ1v) is 8.35. The van der Waals surface area contributed by atoms with Gasteiger partial charge in [0, 0.05) is 5.92 Å². The number of aryl methyl sites for hydroxylation is 2. The molecule has 1 heteroatoms. The minimum atomic E-state index is 0.116. The zero-order valence-corrected chi connectivity index (χ0v) is 13.6. The number of rotatable bonds is 0. The molecular weight excluding hydrogens is 276 g/mol. The highest BCUT2D eigenvalue weighted by Crippen LogP contribution is 2.58. The Bertz CT molecular complexity index is 654. The lowest BCUT2D eigenvalue weighted by atomic mass is 9.62. The standard InChI is InChI=1S/C20H21Cl/c1-11-4-6-14-16(8-11)13(3)17-10-19(14)20(21)18-9-12(2)5-7-15(17)18/h4-9,13,17,19-20H,10H2,1-3H3. The van der Waals surface area contributed by atoms with Crippen molar-refractivity contribution in [1.82, 2.24) is 0 Å². The van der Waals surface area contributed by atoms with E-state index in [0.29, 0.717) is 17.8 Å². The lowest BCUT2D eigenvalue weighted by Gasteiger charge is -2.44. The molecule has 0 amide bonds. The molecule has 108 valence electrons. The van der Waals surface area contributed by atoms with E-state index in [4.69, 9.17) is 11.6 Å². The molecule has 2 bridgehead atoms. The van der Waals surface area contributed by atoms with E-state index in [-0.39, 0.29) is 5.38 Å². The minimum Gasteiger partial charge on any atom is -0.117 e. The Balaban J connectivity index is 1.93. The molecule has 0 saturated carbocycles. The van der Waals surface area contributed by atoms with Gasteiger partial charge in [-0.25, -0.2) is 0 Å². The second-order valence-electron chi connectivity index (χ2n) is 6.90. The number of hydrogen-bond acceptors (Lipinski definition) is 0. The first-order valence-electron chi connectivity index (χ1n) is 7.91. The first kappa shape index (κ1) is 13.4. The van der Waals surface area contributed by atoms with Crippen LogP contribution in [0.1, 0.15) is 69.9 Å². The zero-order valence-electron chi connectivity index (χ0n) is 12.9. The van der Waals surface area contributed by atoms with E-state index in [9.17, 15) is 0 Å². The zero-order chi connectivity index (χ0) is 14.7. The van der Waals surface area contributed by atoms with Crippen LogP contribution in [-0.4, -0.2) is 0 Å². The van der Waals surface area contributed by atoms with Crippen LogP contribution in [0.2, 0.25) is 0 Å². The first-order chi connectivity index (χ1) is 10.1. The smallest absolute Gasteiger partial charge is 0.0656 e. The fourth-order valence-electron chi connectivity index (χ4n) is 4.41. The summed E-state index contributed by atoms with van der Waals surface area (Å²) in [7, 11) is 0. The maximum Gasteiger partial charge on any atom is 0.0656 e. The number of hydrogen-bond donors (Lipinski definition) is 0. The monoisotopic (exact) mass is 296 g/mol. The maximum absolute atomic E-state index is 6.90. The molecule has 0 spiro atoms. The predicted molar refractivity (Wildman–Crippen MR) is 89.5 cm³/mol. The van der Waals surface area contributed by atoms with Gasteiger partial charge < -0.3 is 0 Å². The Morgan fingerprint density at radius 1 is 0.810 bits per heavy atom. The third kappa shape index (κ3) is 1.89. The van der Waals surface area contributed by atoms with Crippen LogP contribution in [0.3, 0.4) is 0 Å². The Morgan fingerprint density at radius 3 is 2.05 bits per heavy atom. The molecule has 4 atom stereocenters. The van der Waals surface area contributed by atoms with E-state index >= 15 is 0 Å². The van der Waals surface area contributed by atoms with Crippen LogP contribution >= 0.6 is 11.6 Å². The Labute approximate surface area is 132 Å². The molecule has 0 radical (unpaired) electrons. The molecule has 21 heavy (non-hydrogen) atoms. The molecule has 2 aliphatic carbocycles. The number of fused-ring (bicyclic) bond motifs is 6. The van der Waals surface area contributed by atoms with E-state index in [1.165, 1.54) is 39.8 Å². The Kier molecular flexibility index (Phi) is 2.94. The summed E-state index contributed by atoms with van der Waals surface area (Å²) < 4.78 is 0. The quantitative estimate of drug-likeness (QED) is 0.525. The van der Waals surface area contributed by atoms with Gasteiger partial charge in [0.05, 0.1) is 5.38 Å². The summed E-state index contributed by atoms with van der Waals surface area (Å²) in [4.78, 5) is 0. The second kappa shape index (κ2) is 4.61. The van der Waals surface area contributed by atoms with Gasteiger partial charge in [-0.1, -0.05) is 54.4 Å². The van der Waals surface area contributed by atoms with Crippen molar-refractivity contribution in [2.24, 2.45) is 0 Å². The summed E-state index contributed by atoms with van der Waals surface area (Å²) in [5.41, 5.74) is 8.53. The van der Waals surface area contributed by atoms with Gasteiger partial charge in [0.15, 0.2) is 0 Å². The van der Waals surface area contributed by atoms with Crippen molar-refractivity contribution in [3.05, 3.63) is 69.8 Å². The van der Waals surface area contributed by atoms with Crippen molar-refractivity contribution in [3.63, 3.8) is 0 Å². The van der Waals surface area contributed by atoms with Crippen LogP contribution in [0.4, 0.5) is 0 Å². The van der Waals surface area contributed by atoms with Gasteiger partial charge in [0.1, 0.15) is 0 Å². The van der Waals surface area contributed by atoms with Crippen molar-refractivity contribution < 1.29 is 0 Å². The van der Waals surface area contributed by atoms with Crippen LogP contribution in [0.15, 0.2) is 36.4 Å². The van der Waals surface area contributed by atoms with Gasteiger partial charge in [-0.2, -0.15) is 0 Å². The Hall–Kier alpha value is -1.27. The molecule has 0 N–H and O–H groups in total. The van der Waals surface area contributed by atoms with E-state index in [0.717, 1.165) is 0 Å². The van der Waals surface area contributed by atoms with E-state index < -0.39 is 0 Å². The van der Waals surface area contributed by atoms with Gasteiger partial charge in [-0.05, 0) is 54.4 Å². The fraction of sp³-hybridized carbons (Fsp3) is 0.400. The summed E-state index contributed by atoms with van der Waals surface area (Å²) in [6, 6.07) is 13.8. The lowest BCUT2D eigenvalue weighted by molar-refractivity contribution is 0.402. The molecule has 2 aromatic rings. The van der Waals surface area contributed by atoms with Crippen LogP contribution in [0, 0.1) is 13.8 Å². The number of halogens is 1. The normalized spacial score (nSPS) is 29.7. The molecule has 2 aromatic carbocycles. The van der Waals surface area contributed by atoms with Crippen molar-refractivity contribution in [1.29, 1.82) is 0 Å². The number of benzene rings is 2. The fourth-order valence-corrected chi connectivity index (χ4v) is 4.84. The molecular formula is C20H21Cl. The highest BCUT2D eigenvalue weighted by atomic mass is 35.5. The van der Waals surface area contributed by atoms with Crippen LogP contribution in [0.25, 0.3) is 0 Å². The van der Waals surface area contributed by atoms with Gasteiger partial charge in [-0.15, -0.1) is 11.6 Å². The average Bonchev–Trinajstić information content (AvgIpc) is 2.47. The summed E-state index contributed by atoms with van der Waals surface area (Å²) in [6.45, 7) is 6.74. The third-order valence-corrected chi connectivity index (χ3v) is 6.08. The van der Waals surface area contributed by atoms with Crippen molar-refractivity contribution >= 4 is 11.6 Å². The number of alkyl halides is 1. The minimum absolute atomic E-state index is 0.116. The van der Waals surface area contributed by atoms with Crippen LogP contribution in [-0.2, 0) is 0 Å². The molecule has 4 rings (SSSR count). The van der Waals surface area contributed by atoms with Gasteiger partial charge in [0.2, 0.25) is 0 Å². The largest absolute Gasteiger partial charge is 0.117 e. The van der Waals surface area contributed by atoms with Crippen molar-refractivity contribution in [2.75, 3.05) is 0 Å². The topological polar surface area (TPSA) is 0 Å². The lowest BCUT2D eigenvalue weighted by Crippen LogP contribution is -2.29. The average molecular weight is 297 g/mol. The summed E-state index contributed by atoms with van der Waals surface area (Å²) >= 11 is 6.90. The van der Waals surface area contributed by atoms with Gasteiger partial charge in [0.25, 0.3) is 0 Å². The second-order valence-corrected chi connectivity index (χ2v) is 7.37. The van der Waals surface area contributed by atoms with Crippen molar-refractivity contribution in [3.8, 4) is 0 Å². The van der Waals surface area contributed by atoms with Gasteiger partial charge in [-0.3, -0.25) is 0 Å². The molecule has 0 nitrogen and oxygen atoms in total. The van der Waals surface area contributed by atoms with Gasteiger partial charge >= 0.3 is 0 Å². The third-order valence-electron chi connectivity index (χ3n) is 5.54. The Morgan fingerprint density at radius 2 is 1.38 bits per heavy atom. The van der Waals surface area contributed by atoms with Crippen LogP contribution < -0.4 is 0 Å². The molecule has 0 aliphatic heterocycles. The SMILES string of the molecule is Cc1ccc2c(c1)C(C)C1CC2C(Cl)c2cc(C)ccc21. The molecule has 0 fully saturated rings. The van der Waals surface area contributed by atoms with Crippen molar-refractivity contribution in [2.45, 2.75) is 50.3 Å². The van der Waals surface area contributed by atoms with E-state index in [1.807, 2.05) is 0 Å². The highest BCUT2D eigenvalue weighted by molar-refractivity contribution is 6.21. The predicted octanol–water partition coefficient (Wildman–Crippen LogP) is 5.97.